The molecular formula is C19H29N3O3S. The van der Waals surface area contributed by atoms with E-state index in [4.69, 9.17) is 0 Å². The van der Waals surface area contributed by atoms with Crippen molar-refractivity contribution in [1.82, 2.24) is 14.5 Å². The molecule has 26 heavy (non-hydrogen) atoms. The van der Waals surface area contributed by atoms with Gasteiger partial charge >= 0.3 is 0 Å². The highest BCUT2D eigenvalue weighted by molar-refractivity contribution is 7.89. The molecule has 0 radical (unpaired) electrons. The van der Waals surface area contributed by atoms with Gasteiger partial charge in [0.25, 0.3) is 5.91 Å². The lowest BCUT2D eigenvalue weighted by Crippen LogP contribution is -2.47. The third-order valence-corrected chi connectivity index (χ3v) is 7.32. The second kappa shape index (κ2) is 8.50. The molecule has 6 nitrogen and oxygen atoms in total. The predicted octanol–water partition coefficient (Wildman–Crippen LogP) is 2.08. The summed E-state index contributed by atoms with van der Waals surface area (Å²) >= 11 is 0. The Morgan fingerprint density at radius 1 is 0.962 bits per heavy atom. The molecule has 0 aromatic heterocycles. The maximum Gasteiger partial charge on any atom is 0.251 e. The molecular weight excluding hydrogens is 350 g/mol. The van der Waals surface area contributed by atoms with E-state index in [1.165, 1.54) is 17.1 Å². The Hall–Kier alpha value is -1.44. The number of rotatable bonds is 4. The number of likely N-dealkylation sites (N-methyl/N-ethyl adjacent to an activating group) is 1. The van der Waals surface area contributed by atoms with Gasteiger partial charge in [-0.3, -0.25) is 4.79 Å². The first kappa shape index (κ1) is 19.3. The van der Waals surface area contributed by atoms with Crippen LogP contribution in [-0.2, 0) is 10.0 Å². The van der Waals surface area contributed by atoms with E-state index in [1.54, 1.807) is 24.3 Å². The first-order valence-electron chi connectivity index (χ1n) is 9.56. The third kappa shape index (κ3) is 4.64. The Balaban J connectivity index is 1.64. The number of hydrogen-bond donors (Lipinski definition) is 1. The van der Waals surface area contributed by atoms with E-state index in [2.05, 4.69) is 10.2 Å². The Kier molecular flexibility index (Phi) is 6.32. The van der Waals surface area contributed by atoms with E-state index >= 15 is 0 Å². The van der Waals surface area contributed by atoms with Crippen LogP contribution in [-0.4, -0.2) is 62.8 Å². The summed E-state index contributed by atoms with van der Waals surface area (Å²) < 4.78 is 27.0. The number of amides is 1. The summed E-state index contributed by atoms with van der Waals surface area (Å²) in [4.78, 5) is 14.8. The zero-order chi connectivity index (χ0) is 18.6. The van der Waals surface area contributed by atoms with Gasteiger partial charge < -0.3 is 10.2 Å². The molecule has 1 amide bonds. The van der Waals surface area contributed by atoms with Crippen molar-refractivity contribution < 1.29 is 13.2 Å². The molecule has 1 N–H and O–H groups in total. The van der Waals surface area contributed by atoms with Crippen molar-refractivity contribution in [2.24, 2.45) is 0 Å². The molecule has 1 aliphatic heterocycles. The van der Waals surface area contributed by atoms with E-state index in [-0.39, 0.29) is 16.8 Å². The first-order valence-corrected chi connectivity index (χ1v) is 11.0. The van der Waals surface area contributed by atoms with E-state index in [0.29, 0.717) is 18.7 Å². The van der Waals surface area contributed by atoms with Crippen LogP contribution < -0.4 is 5.32 Å². The molecule has 3 rings (SSSR count). The number of piperazine rings is 1. The van der Waals surface area contributed by atoms with Gasteiger partial charge in [-0.2, -0.15) is 4.31 Å². The van der Waals surface area contributed by atoms with Crippen molar-refractivity contribution in [3.8, 4) is 0 Å². The van der Waals surface area contributed by atoms with E-state index in [9.17, 15) is 13.2 Å². The van der Waals surface area contributed by atoms with Gasteiger partial charge in [0.2, 0.25) is 10.0 Å². The SMILES string of the molecule is CN1CCN(S(=O)(=O)c2ccc(C(=O)NC3CCCCCC3)cc2)CC1. The minimum atomic E-state index is -3.48. The van der Waals surface area contributed by atoms with Gasteiger partial charge in [-0.25, -0.2) is 8.42 Å². The number of carbonyl (C=O) groups excluding carboxylic acids is 1. The number of hydrogen-bond acceptors (Lipinski definition) is 4. The van der Waals surface area contributed by atoms with Crippen molar-refractivity contribution in [1.29, 1.82) is 0 Å². The maximum absolute atomic E-state index is 12.7. The van der Waals surface area contributed by atoms with E-state index < -0.39 is 10.0 Å². The van der Waals surface area contributed by atoms with Gasteiger partial charge in [-0.05, 0) is 44.2 Å². The Morgan fingerprint density at radius 2 is 1.54 bits per heavy atom. The van der Waals surface area contributed by atoms with Gasteiger partial charge in [0.05, 0.1) is 4.90 Å². The number of carbonyl (C=O) groups is 1. The maximum atomic E-state index is 12.7. The summed E-state index contributed by atoms with van der Waals surface area (Å²) in [6.45, 7) is 2.48. The Labute approximate surface area is 156 Å². The number of benzene rings is 1. The second-order valence-corrected chi connectivity index (χ2v) is 9.33. The van der Waals surface area contributed by atoms with Gasteiger partial charge in [0, 0.05) is 37.8 Å². The number of sulfonamides is 1. The molecule has 2 fully saturated rings. The lowest BCUT2D eigenvalue weighted by Gasteiger charge is -2.31. The summed E-state index contributed by atoms with van der Waals surface area (Å²) in [5, 5.41) is 3.10. The molecule has 1 heterocycles. The van der Waals surface area contributed by atoms with Crippen molar-refractivity contribution in [3.05, 3.63) is 29.8 Å². The van der Waals surface area contributed by atoms with Crippen LogP contribution >= 0.6 is 0 Å². The van der Waals surface area contributed by atoms with Gasteiger partial charge in [0.1, 0.15) is 0 Å². The zero-order valence-electron chi connectivity index (χ0n) is 15.5. The average molecular weight is 380 g/mol. The fraction of sp³-hybridized carbons (Fsp3) is 0.632. The quantitative estimate of drug-likeness (QED) is 0.813. The molecule has 7 heteroatoms. The third-order valence-electron chi connectivity index (χ3n) is 5.41. The summed E-state index contributed by atoms with van der Waals surface area (Å²) in [5.41, 5.74) is 0.520. The molecule has 1 aromatic carbocycles. The Bertz CT molecular complexity index is 702. The predicted molar refractivity (Wildman–Crippen MR) is 102 cm³/mol. The lowest BCUT2D eigenvalue weighted by molar-refractivity contribution is 0.0933. The van der Waals surface area contributed by atoms with Gasteiger partial charge in [-0.1, -0.05) is 25.7 Å². The molecule has 1 aromatic rings. The highest BCUT2D eigenvalue weighted by atomic mass is 32.2. The van der Waals surface area contributed by atoms with Crippen molar-refractivity contribution in [2.45, 2.75) is 49.5 Å². The van der Waals surface area contributed by atoms with Crippen LogP contribution in [0.4, 0.5) is 0 Å². The van der Waals surface area contributed by atoms with Crippen molar-refractivity contribution >= 4 is 15.9 Å². The smallest absolute Gasteiger partial charge is 0.251 e. The van der Waals surface area contributed by atoms with Crippen molar-refractivity contribution in [2.75, 3.05) is 33.2 Å². The fourth-order valence-corrected chi connectivity index (χ4v) is 5.07. The highest BCUT2D eigenvalue weighted by Crippen LogP contribution is 2.20. The Morgan fingerprint density at radius 3 is 2.12 bits per heavy atom. The first-order chi connectivity index (χ1) is 12.5. The molecule has 144 valence electrons. The minimum absolute atomic E-state index is 0.111. The van der Waals surface area contributed by atoms with Crippen LogP contribution in [0.5, 0.6) is 0 Å². The standard InChI is InChI=1S/C19H29N3O3S/c1-21-12-14-22(15-13-21)26(24,25)18-10-8-16(9-11-18)19(23)20-17-6-4-2-3-5-7-17/h8-11,17H,2-7,12-15H2,1H3,(H,20,23). The van der Waals surface area contributed by atoms with Crippen LogP contribution in [0.15, 0.2) is 29.2 Å². The van der Waals surface area contributed by atoms with Crippen molar-refractivity contribution in [3.63, 3.8) is 0 Å². The monoisotopic (exact) mass is 379 g/mol. The average Bonchev–Trinajstić information content (AvgIpc) is 2.91. The van der Waals surface area contributed by atoms with Gasteiger partial charge in [-0.15, -0.1) is 0 Å². The van der Waals surface area contributed by atoms with E-state index in [1.807, 2.05) is 7.05 Å². The second-order valence-electron chi connectivity index (χ2n) is 7.39. The van der Waals surface area contributed by atoms with Crippen LogP contribution in [0.25, 0.3) is 0 Å². The highest BCUT2D eigenvalue weighted by Gasteiger charge is 2.27. The summed E-state index contributed by atoms with van der Waals surface area (Å²) in [7, 11) is -1.49. The molecule has 0 bridgehead atoms. The number of nitrogens with one attached hydrogen (secondary N) is 1. The topological polar surface area (TPSA) is 69.7 Å². The largest absolute Gasteiger partial charge is 0.349 e. The van der Waals surface area contributed by atoms with Gasteiger partial charge in [0.15, 0.2) is 0 Å². The molecule has 1 aliphatic carbocycles. The summed E-state index contributed by atoms with van der Waals surface area (Å²) in [5.74, 6) is -0.111. The molecule has 0 spiro atoms. The molecule has 1 saturated heterocycles. The van der Waals surface area contributed by atoms with Crippen LogP contribution in [0.2, 0.25) is 0 Å². The van der Waals surface area contributed by atoms with Crippen LogP contribution in [0.3, 0.4) is 0 Å². The fourth-order valence-electron chi connectivity index (χ4n) is 3.65. The molecule has 0 atom stereocenters. The van der Waals surface area contributed by atoms with Crippen LogP contribution in [0, 0.1) is 0 Å². The number of nitrogens with zero attached hydrogens (tertiary/aromatic N) is 2. The molecule has 2 aliphatic rings. The lowest BCUT2D eigenvalue weighted by atomic mass is 10.1. The van der Waals surface area contributed by atoms with Crippen LogP contribution in [0.1, 0.15) is 48.9 Å². The zero-order valence-corrected chi connectivity index (χ0v) is 16.3. The molecule has 1 saturated carbocycles. The summed E-state index contributed by atoms with van der Waals surface area (Å²) in [6, 6.07) is 6.58. The minimum Gasteiger partial charge on any atom is -0.349 e. The normalized spacial score (nSPS) is 21.3. The summed E-state index contributed by atoms with van der Waals surface area (Å²) in [6.07, 6.45) is 6.86. The van der Waals surface area contributed by atoms with E-state index in [0.717, 1.165) is 38.8 Å². The molecule has 0 unspecified atom stereocenters.